The first-order chi connectivity index (χ1) is 67.4. The Morgan fingerprint density at radius 2 is 0.786 bits per heavy atom. The summed E-state index contributed by atoms with van der Waals surface area (Å²) in [5, 5.41) is 27.6. The van der Waals surface area contributed by atoms with Gasteiger partial charge in [-0.15, -0.1) is 11.3 Å². The Kier molecular flexibility index (Phi) is 29.0. The predicted molar refractivity (Wildman–Crippen MR) is 612 cm³/mol. The molecule has 140 heavy (non-hydrogen) atoms. The van der Waals surface area contributed by atoms with Crippen molar-refractivity contribution in [3.05, 3.63) is 508 Å². The molecule has 4 aliphatic carbocycles. The van der Waals surface area contributed by atoms with E-state index in [-0.39, 0.29) is 5.41 Å². The smallest absolute Gasteiger partial charge is 0.101 e. The molecule has 18 aromatic carbocycles. The SMILES string of the molecule is CC1=C2C=CC=C3c4ccc(C)c5cccc(c45)C(C=C1)C32.Cc1cc(C)c(/C=C/c2ccccc2)cc1C.Cc1cc2c3ccccc3c(C)cc2c2ccccc12.Cc1cc2ccc3cc(C)cc4ccc(c1)c2c34.Cc1ccc(C)[nH]1.Cc1ccc(C)o1.Cc1ccc(C)s1.Cc1ccc2c(c1)-c1ccccc1C2(C)C.Cc1ccc2ccc3c(C)ccc4ccc1c2c43.Cc1cccc(C)n1. The van der Waals surface area contributed by atoms with Crippen molar-refractivity contribution in [2.24, 2.45) is 5.92 Å². The topological polar surface area (TPSA) is 41.8 Å². The van der Waals surface area contributed by atoms with Crippen molar-refractivity contribution in [2.75, 3.05) is 0 Å². The largest absolute Gasteiger partial charge is 0.467 e. The first-order valence-corrected chi connectivity index (χ1v) is 50.2. The molecule has 0 saturated carbocycles. The highest BCUT2D eigenvalue weighted by Gasteiger charge is 2.38. The Labute approximate surface area is 833 Å². The van der Waals surface area contributed by atoms with Gasteiger partial charge in [0.05, 0.1) is 0 Å². The predicted octanol–water partition coefficient (Wildman–Crippen LogP) is 38.5. The molecular weight excluding hydrogens is 1710 g/mol. The molecule has 1 N–H and O–H groups in total. The molecule has 22 aromatic rings. The molecule has 0 fully saturated rings. The molecule has 0 saturated heterocycles. The van der Waals surface area contributed by atoms with Gasteiger partial charge in [0.25, 0.3) is 0 Å². The molecule has 4 aromatic heterocycles. The van der Waals surface area contributed by atoms with Crippen LogP contribution >= 0.6 is 11.3 Å². The lowest BCUT2D eigenvalue weighted by Gasteiger charge is -2.39. The van der Waals surface area contributed by atoms with E-state index in [1.54, 1.807) is 0 Å². The average molecular weight is 1840 g/mol. The lowest BCUT2D eigenvalue weighted by molar-refractivity contribution is 0.504. The van der Waals surface area contributed by atoms with Gasteiger partial charge in [-0.1, -0.05) is 341 Å². The summed E-state index contributed by atoms with van der Waals surface area (Å²) in [7, 11) is 0. The maximum Gasteiger partial charge on any atom is 0.101 e. The number of pyridine rings is 1. The van der Waals surface area contributed by atoms with Crippen LogP contribution in [0.15, 0.2) is 374 Å². The van der Waals surface area contributed by atoms with E-state index in [0.29, 0.717) is 11.8 Å². The molecule has 696 valence electrons. The van der Waals surface area contributed by atoms with Gasteiger partial charge in [0.15, 0.2) is 0 Å². The van der Waals surface area contributed by atoms with Crippen LogP contribution in [0.2, 0.25) is 0 Å². The van der Waals surface area contributed by atoms with Gasteiger partial charge in [0.1, 0.15) is 11.5 Å². The van der Waals surface area contributed by atoms with Crippen LogP contribution in [0.5, 0.6) is 0 Å². The van der Waals surface area contributed by atoms with E-state index in [9.17, 15) is 0 Å². The second-order valence-corrected chi connectivity index (χ2v) is 41.1. The third kappa shape index (κ3) is 20.8. The van der Waals surface area contributed by atoms with Crippen LogP contribution in [0.4, 0.5) is 0 Å². The first kappa shape index (κ1) is 96.9. The fraction of sp³-hybridized carbons (Fsp3) is 0.184. The van der Waals surface area contributed by atoms with Crippen LogP contribution in [-0.4, -0.2) is 9.97 Å². The fourth-order valence-corrected chi connectivity index (χ4v) is 22.0. The zero-order chi connectivity index (χ0) is 98.5. The number of thiophene rings is 1. The Balaban J connectivity index is 0.000000110. The highest BCUT2D eigenvalue weighted by atomic mass is 32.1. The number of allylic oxidation sites excluding steroid dienone is 8. The van der Waals surface area contributed by atoms with Crippen LogP contribution in [0.3, 0.4) is 0 Å². The molecule has 2 unspecified atom stereocenters. The highest BCUT2D eigenvalue weighted by Crippen LogP contribution is 2.55. The van der Waals surface area contributed by atoms with E-state index in [1.807, 2.05) is 89.3 Å². The molecule has 0 spiro atoms. The van der Waals surface area contributed by atoms with Gasteiger partial charge in [-0.25, -0.2) is 0 Å². The zero-order valence-corrected chi connectivity index (χ0v) is 86.5. The van der Waals surface area contributed by atoms with Crippen molar-refractivity contribution in [1.29, 1.82) is 0 Å². The van der Waals surface area contributed by atoms with Gasteiger partial charge in [0.2, 0.25) is 0 Å². The zero-order valence-electron chi connectivity index (χ0n) is 85.6. The summed E-state index contributed by atoms with van der Waals surface area (Å²) in [5.74, 6) is 2.94. The van der Waals surface area contributed by atoms with Gasteiger partial charge < -0.3 is 9.40 Å². The lowest BCUT2D eigenvalue weighted by Crippen LogP contribution is -2.24. The van der Waals surface area contributed by atoms with Crippen LogP contribution in [0.25, 0.3) is 137 Å². The number of hydrogen-bond acceptors (Lipinski definition) is 3. The Bertz CT molecular complexity index is 8050. The van der Waals surface area contributed by atoms with E-state index in [2.05, 4.69) is 454 Å². The van der Waals surface area contributed by atoms with E-state index in [4.69, 9.17) is 4.42 Å². The number of hydrogen-bond donors (Lipinski definition) is 1. The Morgan fingerprint density at radius 3 is 1.29 bits per heavy atom. The van der Waals surface area contributed by atoms with Gasteiger partial charge in [-0.3, -0.25) is 4.98 Å². The minimum absolute atomic E-state index is 0.152. The highest BCUT2D eigenvalue weighted by molar-refractivity contribution is 7.11. The van der Waals surface area contributed by atoms with Gasteiger partial charge in [-0.2, -0.15) is 0 Å². The number of nitrogens with one attached hydrogen (secondary N) is 1. The number of fused-ring (bicyclic) bond motifs is 10. The summed E-state index contributed by atoms with van der Waals surface area (Å²) in [6, 6.07) is 118. The number of nitrogens with zero attached hydrogens (tertiary/aromatic N) is 1. The van der Waals surface area contributed by atoms with Gasteiger partial charge >= 0.3 is 0 Å². The Morgan fingerprint density at radius 1 is 0.314 bits per heavy atom. The molecule has 3 nitrogen and oxygen atoms in total. The van der Waals surface area contributed by atoms with Crippen LogP contribution < -0.4 is 0 Å². The maximum absolute atomic E-state index is 5.08. The maximum atomic E-state index is 5.08. The summed E-state index contributed by atoms with van der Waals surface area (Å²) < 4.78 is 5.08. The van der Waals surface area contributed by atoms with Crippen molar-refractivity contribution in [2.45, 2.75) is 164 Å². The summed E-state index contributed by atoms with van der Waals surface area (Å²) >= 11 is 1.84. The average Bonchev–Trinajstić information content (AvgIpc) is 1.48. The number of benzene rings is 18. The van der Waals surface area contributed by atoms with Crippen molar-refractivity contribution >= 4 is 137 Å². The van der Waals surface area contributed by atoms with E-state index >= 15 is 0 Å². The van der Waals surface area contributed by atoms with Crippen molar-refractivity contribution in [1.82, 2.24) is 9.97 Å². The minimum Gasteiger partial charge on any atom is -0.467 e. The second-order valence-electron chi connectivity index (χ2n) is 39.6. The van der Waals surface area contributed by atoms with Gasteiger partial charge in [0, 0.05) is 49.8 Å². The van der Waals surface area contributed by atoms with E-state index in [1.165, 1.54) is 251 Å². The van der Waals surface area contributed by atoms with Crippen molar-refractivity contribution in [3.63, 3.8) is 0 Å². The number of furan rings is 1. The van der Waals surface area contributed by atoms with E-state index in [0.717, 1.165) is 22.9 Å². The molecule has 0 aliphatic heterocycles. The third-order valence-electron chi connectivity index (χ3n) is 28.4. The van der Waals surface area contributed by atoms with Crippen molar-refractivity contribution in [3.8, 4) is 11.1 Å². The molecule has 0 amide bonds. The summed E-state index contributed by atoms with van der Waals surface area (Å²) in [5.41, 5.74) is 35.2. The molecule has 0 bridgehead atoms. The van der Waals surface area contributed by atoms with E-state index < -0.39 is 0 Å². The van der Waals surface area contributed by atoms with Crippen LogP contribution in [0.1, 0.15) is 165 Å². The van der Waals surface area contributed by atoms with Crippen LogP contribution in [0, 0.1) is 137 Å². The molecule has 26 rings (SSSR count). The third-order valence-corrected chi connectivity index (χ3v) is 29.3. The number of aryl methyl sites for hydroxylation is 19. The summed E-state index contributed by atoms with van der Waals surface area (Å²) in [4.78, 5) is 10.1. The standard InChI is InChI=1S/C22H18.C20H16.2C18H14.C17H18.C16H16.C7H9N.C6H9N.C6H8O.C6H8S/c1-13-9-11-19-18-8-4-6-16-14(2)10-12-20(22(16)18)17-7-3-5-15(13)21(17)19;1-13-11-19-18-10-6-4-8-16(18)14(2)12-20(19)17-9-5-3-7-15(13)17;1-11-7-13-3-5-15-9-12(2)10-16-6-4-14(8-11)17(13)18(15)16;1-11-3-5-13-8-10-16-12(2)4-6-14-7-9-15(11)17(13)18(14)16;1-13-11-15(3)17(12-14(13)2)10-9-16-7-5-4-6-8-16;1-11-8-9-15-13(10-11)12-6-4-5-7-14(12)16(15,2)3;1-6-4-3-5-7(2)8-6;3*1-5-3-4-6(2)7-5/h3-12,19,21H,1-2H3;3-12H,1-2H3;2*3-10H,1-2H3;4-12H,1-3H3;4-10H,1-3H3;3-5H,1-2H3;3-4,7H,1-2H3;2*3-4H,1-2H3/b;;;;10-9+;;;;;. The summed E-state index contributed by atoms with van der Waals surface area (Å²) in [6.07, 6.45) is 15.9. The molecule has 4 heteroatoms. The number of aromatic nitrogens is 2. The van der Waals surface area contributed by atoms with Gasteiger partial charge in [-0.05, 0) is 412 Å². The normalized spacial score (nSPS) is 13.6. The van der Waals surface area contributed by atoms with Crippen LogP contribution in [-0.2, 0) is 5.41 Å². The molecule has 2 atom stereocenters. The molecule has 4 aliphatic rings. The minimum atomic E-state index is 0.152. The fourth-order valence-electron chi connectivity index (χ4n) is 21.2. The quantitative estimate of drug-likeness (QED) is 0.138. The molecule has 0 radical (unpaired) electrons. The lowest BCUT2D eigenvalue weighted by atomic mass is 9.64. The second kappa shape index (κ2) is 41.9. The monoisotopic (exact) mass is 1840 g/mol. The summed E-state index contributed by atoms with van der Waals surface area (Å²) in [6.45, 7) is 47.1. The first-order valence-electron chi connectivity index (χ1n) is 49.4. The number of aromatic amines is 1. The number of rotatable bonds is 2. The molecular formula is C136H130N2OS. The Hall–Kier alpha value is -14.8. The number of H-pyrrole nitrogens is 1. The molecule has 4 heterocycles. The van der Waals surface area contributed by atoms with Crippen molar-refractivity contribution < 1.29 is 4.42 Å².